The van der Waals surface area contributed by atoms with E-state index in [0.717, 1.165) is 0 Å². The second kappa shape index (κ2) is 4.27. The van der Waals surface area contributed by atoms with Gasteiger partial charge in [0.2, 0.25) is 0 Å². The van der Waals surface area contributed by atoms with Crippen molar-refractivity contribution in [3.05, 3.63) is 69.9 Å². The lowest BCUT2D eigenvalue weighted by atomic mass is 9.87. The van der Waals surface area contributed by atoms with Crippen LogP contribution in [0.25, 0.3) is 12.3 Å². The van der Waals surface area contributed by atoms with Gasteiger partial charge in [-0.2, -0.15) is 0 Å². The number of fused-ring (bicyclic) bond motifs is 3. The first-order valence-corrected chi connectivity index (χ1v) is 7.10. The van der Waals surface area contributed by atoms with Crippen molar-refractivity contribution in [1.82, 2.24) is 4.90 Å². The maximum atomic E-state index is 2.30. The van der Waals surface area contributed by atoms with Gasteiger partial charge in [0.05, 0.1) is 0 Å². The quantitative estimate of drug-likeness (QED) is 0.681. The third-order valence-corrected chi connectivity index (χ3v) is 4.23. The smallest absolute Gasteiger partial charge is 0.0484 e. The van der Waals surface area contributed by atoms with Crippen LogP contribution in [0, 0.1) is 0 Å². The summed E-state index contributed by atoms with van der Waals surface area (Å²) >= 11 is 0. The fourth-order valence-corrected chi connectivity index (χ4v) is 3.21. The molecular weight excluding hydrogens is 230 g/mol. The lowest BCUT2D eigenvalue weighted by molar-refractivity contribution is 0.609. The average molecular weight is 247 g/mol. The second-order valence-electron chi connectivity index (χ2n) is 5.41. The van der Waals surface area contributed by atoms with Gasteiger partial charge in [-0.1, -0.05) is 30.3 Å². The molecule has 2 aliphatic heterocycles. The van der Waals surface area contributed by atoms with Crippen LogP contribution < -0.4 is 10.4 Å². The van der Waals surface area contributed by atoms with Crippen LogP contribution in [0.3, 0.4) is 0 Å². The van der Waals surface area contributed by atoms with Crippen molar-refractivity contribution in [2.24, 2.45) is 0 Å². The van der Waals surface area contributed by atoms with Crippen LogP contribution in [-0.4, -0.2) is 4.90 Å². The van der Waals surface area contributed by atoms with E-state index in [4.69, 9.17) is 0 Å². The van der Waals surface area contributed by atoms with Crippen LogP contribution in [0.4, 0.5) is 0 Å². The van der Waals surface area contributed by atoms with Crippen molar-refractivity contribution in [3.63, 3.8) is 0 Å². The summed E-state index contributed by atoms with van der Waals surface area (Å²) in [5.41, 5.74) is 4.46. The van der Waals surface area contributed by atoms with E-state index in [1.165, 1.54) is 41.8 Å². The molecule has 0 atom stereocenters. The Balaban J connectivity index is 1.91. The Morgan fingerprint density at radius 1 is 0.895 bits per heavy atom. The summed E-state index contributed by atoms with van der Waals surface area (Å²) in [4.78, 5) is 2.28. The van der Waals surface area contributed by atoms with Gasteiger partial charge < -0.3 is 4.90 Å². The van der Waals surface area contributed by atoms with E-state index in [-0.39, 0.29) is 0 Å². The molecule has 1 nitrogen and oxygen atoms in total. The minimum absolute atomic E-state index is 1.22. The Kier molecular flexibility index (Phi) is 2.44. The average Bonchev–Trinajstić information content (AvgIpc) is 2.66. The number of hydrogen-bond donors (Lipinski definition) is 0. The predicted octanol–water partition coefficient (Wildman–Crippen LogP) is 2.80. The van der Waals surface area contributed by atoms with Gasteiger partial charge >= 0.3 is 0 Å². The largest absolute Gasteiger partial charge is 0.323 e. The normalized spacial score (nSPS) is 20.4. The molecule has 1 aliphatic carbocycles. The van der Waals surface area contributed by atoms with Crippen molar-refractivity contribution in [1.29, 1.82) is 0 Å². The fraction of sp³-hybridized carbons (Fsp3) is 0.222. The van der Waals surface area contributed by atoms with Gasteiger partial charge in [-0.15, -0.1) is 0 Å². The molecule has 1 aromatic carbocycles. The summed E-state index contributed by atoms with van der Waals surface area (Å²) in [5.74, 6) is 0. The first kappa shape index (κ1) is 10.9. The zero-order valence-corrected chi connectivity index (χ0v) is 11.0. The number of hydrogen-bond acceptors (Lipinski definition) is 1. The van der Waals surface area contributed by atoms with E-state index < -0.39 is 0 Å². The zero-order valence-electron chi connectivity index (χ0n) is 11.0. The molecule has 0 aromatic heterocycles. The lowest BCUT2D eigenvalue weighted by Gasteiger charge is -2.30. The molecule has 19 heavy (non-hydrogen) atoms. The molecule has 0 bridgehead atoms. The van der Waals surface area contributed by atoms with Crippen LogP contribution in [-0.2, 0) is 0 Å². The SMILES string of the molecule is C1=CN2C=c3ccccc3=CC=C2C2=C1CCCC2. The summed E-state index contributed by atoms with van der Waals surface area (Å²) in [6.07, 6.45) is 16.4. The molecule has 2 heterocycles. The maximum absolute atomic E-state index is 2.30. The first-order valence-electron chi connectivity index (χ1n) is 7.10. The molecule has 4 rings (SSSR count). The Bertz CT molecular complexity index is 731. The Morgan fingerprint density at radius 2 is 1.74 bits per heavy atom. The summed E-state index contributed by atoms with van der Waals surface area (Å²) in [6.45, 7) is 0. The number of nitrogens with zero attached hydrogens (tertiary/aromatic N) is 1. The van der Waals surface area contributed by atoms with Gasteiger partial charge in [0.25, 0.3) is 0 Å². The second-order valence-corrected chi connectivity index (χ2v) is 5.41. The van der Waals surface area contributed by atoms with Gasteiger partial charge in [-0.05, 0) is 59.4 Å². The molecule has 3 aliphatic rings. The van der Waals surface area contributed by atoms with E-state index in [1.807, 2.05) is 0 Å². The van der Waals surface area contributed by atoms with Crippen LogP contribution in [0.2, 0.25) is 0 Å². The highest BCUT2D eigenvalue weighted by atomic mass is 15.1. The summed E-state index contributed by atoms with van der Waals surface area (Å²) in [5, 5.41) is 2.59. The van der Waals surface area contributed by atoms with Gasteiger partial charge in [0, 0.05) is 18.1 Å². The molecule has 0 radical (unpaired) electrons. The minimum atomic E-state index is 1.22. The van der Waals surface area contributed by atoms with Gasteiger partial charge in [0.1, 0.15) is 0 Å². The van der Waals surface area contributed by atoms with E-state index in [1.54, 1.807) is 11.1 Å². The first-order chi connectivity index (χ1) is 9.42. The van der Waals surface area contributed by atoms with Crippen molar-refractivity contribution < 1.29 is 0 Å². The van der Waals surface area contributed by atoms with Crippen molar-refractivity contribution in [2.45, 2.75) is 25.7 Å². The third kappa shape index (κ3) is 1.77. The number of rotatable bonds is 0. The Labute approximate surface area is 113 Å². The fourth-order valence-electron chi connectivity index (χ4n) is 3.21. The highest BCUT2D eigenvalue weighted by Gasteiger charge is 2.21. The van der Waals surface area contributed by atoms with Crippen molar-refractivity contribution in [3.8, 4) is 0 Å². The van der Waals surface area contributed by atoms with E-state index in [0.29, 0.717) is 0 Å². The number of benzene rings is 1. The van der Waals surface area contributed by atoms with Gasteiger partial charge in [-0.3, -0.25) is 0 Å². The van der Waals surface area contributed by atoms with Crippen LogP contribution >= 0.6 is 0 Å². The highest BCUT2D eigenvalue weighted by molar-refractivity contribution is 5.57. The molecule has 94 valence electrons. The molecule has 0 unspecified atom stereocenters. The standard InChI is InChI=1S/C18H17N/c1-2-7-16-13-19-12-11-15-6-3-4-8-17(15)18(19)10-9-14(16)5-1/h1-2,5,7,9-13H,3-4,6,8H2. The van der Waals surface area contributed by atoms with Crippen LogP contribution in [0.5, 0.6) is 0 Å². The molecule has 0 N–H and O–H groups in total. The third-order valence-electron chi connectivity index (χ3n) is 4.23. The van der Waals surface area contributed by atoms with Crippen molar-refractivity contribution >= 4 is 12.3 Å². The maximum Gasteiger partial charge on any atom is 0.0484 e. The highest BCUT2D eigenvalue weighted by Crippen LogP contribution is 2.35. The minimum Gasteiger partial charge on any atom is -0.323 e. The molecule has 0 spiro atoms. The summed E-state index contributed by atoms with van der Waals surface area (Å²) < 4.78 is 0. The van der Waals surface area contributed by atoms with E-state index in [9.17, 15) is 0 Å². The lowest BCUT2D eigenvalue weighted by Crippen LogP contribution is -2.26. The molecule has 1 heteroatoms. The Hall–Kier alpha value is -2.02. The Morgan fingerprint density at radius 3 is 2.68 bits per heavy atom. The topological polar surface area (TPSA) is 3.24 Å². The summed E-state index contributed by atoms with van der Waals surface area (Å²) in [7, 11) is 0. The molecule has 0 amide bonds. The molecule has 0 saturated carbocycles. The molecular formula is C18H17N. The van der Waals surface area contributed by atoms with Crippen LogP contribution in [0.15, 0.2) is 59.5 Å². The van der Waals surface area contributed by atoms with Gasteiger partial charge in [0.15, 0.2) is 0 Å². The summed E-state index contributed by atoms with van der Waals surface area (Å²) in [6, 6.07) is 8.57. The van der Waals surface area contributed by atoms with E-state index in [2.05, 4.69) is 59.8 Å². The molecule has 1 aromatic rings. The van der Waals surface area contributed by atoms with Gasteiger partial charge in [-0.25, -0.2) is 0 Å². The van der Waals surface area contributed by atoms with E-state index >= 15 is 0 Å². The van der Waals surface area contributed by atoms with Crippen molar-refractivity contribution in [2.75, 3.05) is 0 Å². The number of allylic oxidation sites excluding steroid dienone is 4. The molecule has 0 saturated heterocycles. The molecule has 0 fully saturated rings. The predicted molar refractivity (Wildman–Crippen MR) is 79.2 cm³/mol. The zero-order chi connectivity index (χ0) is 12.7. The monoisotopic (exact) mass is 247 g/mol. The van der Waals surface area contributed by atoms with Crippen LogP contribution in [0.1, 0.15) is 25.7 Å².